The van der Waals surface area contributed by atoms with Gasteiger partial charge >= 0.3 is 0 Å². The Morgan fingerprint density at radius 2 is 1.70 bits per heavy atom. The van der Waals surface area contributed by atoms with Gasteiger partial charge in [-0.25, -0.2) is 4.98 Å². The van der Waals surface area contributed by atoms with E-state index in [1.165, 1.54) is 0 Å². The number of hydrogen-bond acceptors (Lipinski definition) is 5. The Hall–Kier alpha value is -2.20. The SMILES string of the molecule is COc1cc(OC)c(-c2nc(C#N)c(Br)[nH]2)cc1OC. The second kappa shape index (κ2) is 5.84. The molecule has 6 nitrogen and oxygen atoms in total. The minimum absolute atomic E-state index is 0.275. The van der Waals surface area contributed by atoms with E-state index in [2.05, 4.69) is 25.9 Å². The van der Waals surface area contributed by atoms with E-state index < -0.39 is 0 Å². The summed E-state index contributed by atoms with van der Waals surface area (Å²) in [6.07, 6.45) is 0. The third-order valence-electron chi connectivity index (χ3n) is 2.73. The predicted octanol–water partition coefficient (Wildman–Crippen LogP) is 2.74. The fourth-order valence-electron chi connectivity index (χ4n) is 1.77. The first-order chi connectivity index (χ1) is 9.64. The molecule has 0 aliphatic heterocycles. The van der Waals surface area contributed by atoms with Crippen molar-refractivity contribution < 1.29 is 14.2 Å². The van der Waals surface area contributed by atoms with Crippen molar-refractivity contribution in [1.29, 1.82) is 5.26 Å². The van der Waals surface area contributed by atoms with E-state index in [4.69, 9.17) is 19.5 Å². The topological polar surface area (TPSA) is 80.2 Å². The van der Waals surface area contributed by atoms with Crippen molar-refractivity contribution in [3.8, 4) is 34.7 Å². The molecule has 0 saturated heterocycles. The Labute approximate surface area is 124 Å². The van der Waals surface area contributed by atoms with Crippen LogP contribution in [0.15, 0.2) is 16.7 Å². The van der Waals surface area contributed by atoms with Crippen molar-refractivity contribution in [2.75, 3.05) is 21.3 Å². The smallest absolute Gasteiger partial charge is 0.173 e. The monoisotopic (exact) mass is 337 g/mol. The van der Waals surface area contributed by atoms with Crippen molar-refractivity contribution in [3.05, 3.63) is 22.4 Å². The lowest BCUT2D eigenvalue weighted by Crippen LogP contribution is -1.95. The molecule has 1 aromatic heterocycles. The van der Waals surface area contributed by atoms with Gasteiger partial charge in [0.05, 0.1) is 26.9 Å². The van der Waals surface area contributed by atoms with Crippen LogP contribution in [-0.2, 0) is 0 Å². The Bertz CT molecular complexity index is 676. The van der Waals surface area contributed by atoms with Crippen molar-refractivity contribution in [2.24, 2.45) is 0 Å². The van der Waals surface area contributed by atoms with Crippen LogP contribution in [-0.4, -0.2) is 31.3 Å². The number of aromatic nitrogens is 2. The predicted molar refractivity (Wildman–Crippen MR) is 76.1 cm³/mol. The van der Waals surface area contributed by atoms with Gasteiger partial charge in [0.15, 0.2) is 17.2 Å². The summed E-state index contributed by atoms with van der Waals surface area (Å²) in [5.74, 6) is 2.17. The third-order valence-corrected chi connectivity index (χ3v) is 3.30. The molecule has 1 aromatic carbocycles. The summed E-state index contributed by atoms with van der Waals surface area (Å²) < 4.78 is 16.3. The van der Waals surface area contributed by atoms with Gasteiger partial charge in [0.1, 0.15) is 22.2 Å². The van der Waals surface area contributed by atoms with Crippen LogP contribution in [0.3, 0.4) is 0 Å². The lowest BCUT2D eigenvalue weighted by atomic mass is 10.1. The standard InChI is InChI=1S/C13H12BrN3O3/c1-18-9-5-11(20-3)10(19-2)4-7(9)13-16-8(6-15)12(14)17-13/h4-5H,1-3H3,(H,16,17). The van der Waals surface area contributed by atoms with Gasteiger partial charge in [-0.1, -0.05) is 0 Å². The number of rotatable bonds is 4. The molecule has 2 aromatic rings. The molecule has 104 valence electrons. The van der Waals surface area contributed by atoms with Crippen molar-refractivity contribution in [1.82, 2.24) is 9.97 Å². The molecule has 0 radical (unpaired) electrons. The van der Waals surface area contributed by atoms with E-state index >= 15 is 0 Å². The fraction of sp³-hybridized carbons (Fsp3) is 0.231. The van der Waals surface area contributed by atoms with Crippen molar-refractivity contribution in [2.45, 2.75) is 0 Å². The Morgan fingerprint density at radius 1 is 1.10 bits per heavy atom. The van der Waals surface area contributed by atoms with E-state index in [9.17, 15) is 0 Å². The molecule has 0 spiro atoms. The summed E-state index contributed by atoms with van der Waals surface area (Å²) in [5, 5.41) is 8.95. The fourth-order valence-corrected chi connectivity index (χ4v) is 2.13. The number of ether oxygens (including phenoxy) is 3. The molecule has 1 N–H and O–H groups in total. The summed E-state index contributed by atoms with van der Waals surface area (Å²) in [5.41, 5.74) is 0.948. The Balaban J connectivity index is 2.62. The molecule has 0 amide bonds. The summed E-state index contributed by atoms with van der Waals surface area (Å²) in [4.78, 5) is 7.18. The molecule has 0 atom stereocenters. The summed E-state index contributed by atoms with van der Waals surface area (Å²) in [7, 11) is 4.65. The van der Waals surface area contributed by atoms with Crippen LogP contribution in [0.2, 0.25) is 0 Å². The van der Waals surface area contributed by atoms with E-state index in [1.807, 2.05) is 6.07 Å². The maximum atomic E-state index is 8.95. The molecule has 7 heteroatoms. The number of benzene rings is 1. The minimum Gasteiger partial charge on any atom is -0.496 e. The van der Waals surface area contributed by atoms with Crippen LogP contribution in [0.5, 0.6) is 17.2 Å². The Morgan fingerprint density at radius 3 is 2.20 bits per heavy atom. The Kier molecular flexibility index (Phi) is 4.15. The lowest BCUT2D eigenvalue weighted by Gasteiger charge is -2.12. The van der Waals surface area contributed by atoms with Gasteiger partial charge in [0.2, 0.25) is 0 Å². The molecule has 1 heterocycles. The highest BCUT2D eigenvalue weighted by Gasteiger charge is 2.17. The number of hydrogen-bond donors (Lipinski definition) is 1. The second-order valence-corrected chi connectivity index (χ2v) is 4.56. The number of nitrogens with one attached hydrogen (secondary N) is 1. The molecule has 0 aliphatic rings. The quantitative estimate of drug-likeness (QED) is 0.927. The zero-order valence-corrected chi connectivity index (χ0v) is 12.7. The first-order valence-corrected chi connectivity index (χ1v) is 6.39. The molecule has 2 rings (SSSR count). The normalized spacial score (nSPS) is 9.95. The number of imidazole rings is 1. The highest BCUT2D eigenvalue weighted by Crippen LogP contribution is 2.39. The molecule has 0 saturated carbocycles. The molecule has 0 bridgehead atoms. The summed E-state index contributed by atoms with van der Waals surface area (Å²) in [6.45, 7) is 0. The molecule has 0 unspecified atom stereocenters. The molecule has 0 aliphatic carbocycles. The number of nitrogens with zero attached hydrogens (tertiary/aromatic N) is 2. The molecule has 20 heavy (non-hydrogen) atoms. The third kappa shape index (κ3) is 2.42. The number of nitriles is 1. The highest BCUT2D eigenvalue weighted by molar-refractivity contribution is 9.10. The van der Waals surface area contributed by atoms with Crippen molar-refractivity contribution >= 4 is 15.9 Å². The van der Waals surface area contributed by atoms with E-state index in [0.717, 1.165) is 0 Å². The second-order valence-electron chi connectivity index (χ2n) is 3.77. The van der Waals surface area contributed by atoms with Gasteiger partial charge in [0, 0.05) is 6.07 Å². The number of aromatic amines is 1. The highest BCUT2D eigenvalue weighted by atomic mass is 79.9. The first-order valence-electron chi connectivity index (χ1n) is 5.60. The lowest BCUT2D eigenvalue weighted by molar-refractivity contribution is 0.349. The van der Waals surface area contributed by atoms with E-state index in [-0.39, 0.29) is 5.69 Å². The minimum atomic E-state index is 0.275. The number of halogens is 1. The maximum Gasteiger partial charge on any atom is 0.173 e. The van der Waals surface area contributed by atoms with E-state index in [1.54, 1.807) is 33.5 Å². The van der Waals surface area contributed by atoms with Crippen LogP contribution in [0.4, 0.5) is 0 Å². The summed E-state index contributed by atoms with van der Waals surface area (Å²) in [6, 6.07) is 5.43. The van der Waals surface area contributed by atoms with Gasteiger partial charge in [-0.2, -0.15) is 5.26 Å². The van der Waals surface area contributed by atoms with Gasteiger partial charge in [-0.3, -0.25) is 0 Å². The zero-order valence-electron chi connectivity index (χ0n) is 11.2. The molecular formula is C13H12BrN3O3. The van der Waals surface area contributed by atoms with Crippen LogP contribution in [0.1, 0.15) is 5.69 Å². The number of H-pyrrole nitrogens is 1. The zero-order chi connectivity index (χ0) is 14.7. The van der Waals surface area contributed by atoms with Crippen LogP contribution >= 0.6 is 15.9 Å². The molecule has 0 fully saturated rings. The largest absolute Gasteiger partial charge is 0.496 e. The summed E-state index contributed by atoms with van der Waals surface area (Å²) >= 11 is 3.25. The van der Waals surface area contributed by atoms with Crippen LogP contribution in [0.25, 0.3) is 11.4 Å². The van der Waals surface area contributed by atoms with Crippen LogP contribution < -0.4 is 14.2 Å². The molecular weight excluding hydrogens is 326 g/mol. The van der Waals surface area contributed by atoms with Gasteiger partial charge in [0.25, 0.3) is 0 Å². The van der Waals surface area contributed by atoms with Gasteiger partial charge in [-0.05, 0) is 22.0 Å². The van der Waals surface area contributed by atoms with Gasteiger partial charge in [-0.15, -0.1) is 0 Å². The number of methoxy groups -OCH3 is 3. The van der Waals surface area contributed by atoms with Crippen LogP contribution in [0, 0.1) is 11.3 Å². The van der Waals surface area contributed by atoms with E-state index in [0.29, 0.717) is 33.2 Å². The maximum absolute atomic E-state index is 8.95. The van der Waals surface area contributed by atoms with Gasteiger partial charge < -0.3 is 19.2 Å². The first kappa shape index (κ1) is 14.2. The average Bonchev–Trinajstić information content (AvgIpc) is 2.86. The van der Waals surface area contributed by atoms with Crippen molar-refractivity contribution in [3.63, 3.8) is 0 Å². The average molecular weight is 338 g/mol.